The van der Waals surface area contributed by atoms with Gasteiger partial charge >= 0.3 is 6.18 Å². The van der Waals surface area contributed by atoms with Crippen LogP contribution in [0.2, 0.25) is 0 Å². The number of alkyl halides is 3. The van der Waals surface area contributed by atoms with E-state index in [1.165, 1.54) is 31.2 Å². The van der Waals surface area contributed by atoms with Crippen LogP contribution in [-0.2, 0) is 6.18 Å². The Balaban J connectivity index is 2.02. The maximum absolute atomic E-state index is 13.2. The number of aryl methyl sites for hydroxylation is 2. The summed E-state index contributed by atoms with van der Waals surface area (Å²) in [6.07, 6.45) is -4.55. The van der Waals surface area contributed by atoms with Crippen LogP contribution in [0.1, 0.15) is 27.3 Å². The van der Waals surface area contributed by atoms with Crippen LogP contribution in [0.5, 0.6) is 0 Å². The predicted octanol–water partition coefficient (Wildman–Crippen LogP) is 4.26. The maximum atomic E-state index is 13.2. The van der Waals surface area contributed by atoms with Gasteiger partial charge in [0.15, 0.2) is 5.69 Å². The Morgan fingerprint density at radius 2 is 1.79 bits per heavy atom. The van der Waals surface area contributed by atoms with Gasteiger partial charge in [-0.05, 0) is 55.8 Å². The largest absolute Gasteiger partial charge is 0.416 e. The van der Waals surface area contributed by atoms with E-state index in [2.05, 4.69) is 10.4 Å². The first-order valence-corrected chi connectivity index (χ1v) is 8.42. The van der Waals surface area contributed by atoms with Crippen molar-refractivity contribution in [1.82, 2.24) is 9.78 Å². The second-order valence-corrected chi connectivity index (χ2v) is 6.37. The van der Waals surface area contributed by atoms with Crippen LogP contribution in [0, 0.1) is 19.7 Å². The zero-order valence-corrected chi connectivity index (χ0v) is 15.3. The molecule has 0 spiro atoms. The van der Waals surface area contributed by atoms with Gasteiger partial charge in [0.05, 0.1) is 11.3 Å². The lowest BCUT2D eigenvalue weighted by atomic mass is 10.2. The monoisotopic (exact) mass is 405 g/mol. The number of carbonyl (C=O) groups is 1. The standard InChI is InChI=1S/C20H15F4N3O2/c1-11-8-14(21)6-7-16(11)25-19(29)18-17(28)9-12(2)27(26-18)15-5-3-4-13(10-15)20(22,23)24/h3-10H,1-2H3,(H,25,29). The fourth-order valence-electron chi connectivity index (χ4n) is 2.73. The highest BCUT2D eigenvalue weighted by molar-refractivity contribution is 6.03. The molecule has 0 aliphatic heterocycles. The lowest BCUT2D eigenvalue weighted by Gasteiger charge is -2.14. The van der Waals surface area contributed by atoms with Crippen LogP contribution in [0.3, 0.4) is 0 Å². The van der Waals surface area contributed by atoms with Gasteiger partial charge < -0.3 is 5.32 Å². The minimum absolute atomic E-state index is 0.0457. The minimum atomic E-state index is -4.55. The number of benzene rings is 2. The molecule has 1 amide bonds. The average Bonchev–Trinajstić information content (AvgIpc) is 2.63. The molecule has 0 unspecified atom stereocenters. The van der Waals surface area contributed by atoms with Crippen molar-refractivity contribution in [2.24, 2.45) is 0 Å². The normalized spacial score (nSPS) is 11.4. The van der Waals surface area contributed by atoms with E-state index in [1.54, 1.807) is 6.92 Å². The molecule has 1 aromatic heterocycles. The first-order chi connectivity index (χ1) is 13.6. The fraction of sp³-hybridized carbons (Fsp3) is 0.150. The highest BCUT2D eigenvalue weighted by Crippen LogP contribution is 2.30. The molecule has 0 saturated carbocycles. The van der Waals surface area contributed by atoms with Crippen molar-refractivity contribution in [3.63, 3.8) is 0 Å². The third-order valence-electron chi connectivity index (χ3n) is 4.18. The van der Waals surface area contributed by atoms with Gasteiger partial charge in [0, 0.05) is 17.4 Å². The Labute approximate surface area is 162 Å². The van der Waals surface area contributed by atoms with Crippen molar-refractivity contribution in [1.29, 1.82) is 0 Å². The van der Waals surface area contributed by atoms with E-state index in [9.17, 15) is 27.2 Å². The van der Waals surface area contributed by atoms with E-state index >= 15 is 0 Å². The highest BCUT2D eigenvalue weighted by Gasteiger charge is 2.30. The van der Waals surface area contributed by atoms with E-state index in [-0.39, 0.29) is 17.1 Å². The lowest BCUT2D eigenvalue weighted by molar-refractivity contribution is -0.137. The van der Waals surface area contributed by atoms with Gasteiger partial charge in [0.1, 0.15) is 5.82 Å². The third-order valence-corrected chi connectivity index (χ3v) is 4.18. The summed E-state index contributed by atoms with van der Waals surface area (Å²) >= 11 is 0. The zero-order chi connectivity index (χ0) is 21.3. The van der Waals surface area contributed by atoms with E-state index < -0.39 is 34.6 Å². The Kier molecular flexibility index (Phi) is 5.23. The summed E-state index contributed by atoms with van der Waals surface area (Å²) in [6, 6.07) is 9.17. The van der Waals surface area contributed by atoms with E-state index in [1.807, 2.05) is 0 Å². The molecule has 0 bridgehead atoms. The van der Waals surface area contributed by atoms with Gasteiger partial charge in [-0.2, -0.15) is 18.3 Å². The smallest absolute Gasteiger partial charge is 0.320 e. The van der Waals surface area contributed by atoms with Gasteiger partial charge in [-0.3, -0.25) is 9.59 Å². The van der Waals surface area contributed by atoms with Crippen LogP contribution in [0.4, 0.5) is 23.2 Å². The summed E-state index contributed by atoms with van der Waals surface area (Å²) < 4.78 is 53.3. The number of halogens is 4. The Morgan fingerprint density at radius 1 is 1.07 bits per heavy atom. The molecule has 29 heavy (non-hydrogen) atoms. The fourth-order valence-corrected chi connectivity index (χ4v) is 2.73. The predicted molar refractivity (Wildman–Crippen MR) is 98.7 cm³/mol. The number of rotatable bonds is 3. The number of aromatic nitrogens is 2. The number of nitrogens with one attached hydrogen (secondary N) is 1. The number of hydrogen-bond donors (Lipinski definition) is 1. The number of amides is 1. The Hall–Kier alpha value is -3.49. The van der Waals surface area contributed by atoms with E-state index in [4.69, 9.17) is 0 Å². The molecule has 0 aliphatic carbocycles. The number of hydrogen-bond acceptors (Lipinski definition) is 3. The van der Waals surface area contributed by atoms with Gasteiger partial charge in [0.25, 0.3) is 5.91 Å². The SMILES string of the molecule is Cc1cc(F)ccc1NC(=O)c1nn(-c2cccc(C(F)(F)F)c2)c(C)cc1=O. The topological polar surface area (TPSA) is 64.0 Å². The molecule has 0 atom stereocenters. The van der Waals surface area contributed by atoms with Crippen molar-refractivity contribution in [3.8, 4) is 5.69 Å². The summed E-state index contributed by atoms with van der Waals surface area (Å²) in [5.74, 6) is -1.34. The Bertz CT molecular complexity index is 1150. The summed E-state index contributed by atoms with van der Waals surface area (Å²) in [6.45, 7) is 3.06. The molecule has 1 N–H and O–H groups in total. The molecule has 150 valence electrons. The molecule has 1 heterocycles. The molecule has 5 nitrogen and oxygen atoms in total. The highest BCUT2D eigenvalue weighted by atomic mass is 19.4. The van der Waals surface area contributed by atoms with Crippen LogP contribution in [0.15, 0.2) is 53.3 Å². The van der Waals surface area contributed by atoms with Gasteiger partial charge in [-0.1, -0.05) is 6.07 Å². The van der Waals surface area contributed by atoms with Crippen molar-refractivity contribution in [2.45, 2.75) is 20.0 Å². The van der Waals surface area contributed by atoms with Crippen LogP contribution < -0.4 is 10.7 Å². The molecule has 0 radical (unpaired) electrons. The molecular weight excluding hydrogens is 390 g/mol. The van der Waals surface area contributed by atoms with Crippen molar-refractivity contribution < 1.29 is 22.4 Å². The molecule has 0 fully saturated rings. The van der Waals surface area contributed by atoms with Crippen LogP contribution in [0.25, 0.3) is 5.69 Å². The second-order valence-electron chi connectivity index (χ2n) is 6.37. The van der Waals surface area contributed by atoms with Crippen LogP contribution >= 0.6 is 0 Å². The zero-order valence-electron chi connectivity index (χ0n) is 15.3. The molecule has 9 heteroatoms. The minimum Gasteiger partial charge on any atom is -0.320 e. The molecule has 3 rings (SSSR count). The van der Waals surface area contributed by atoms with E-state index in [0.29, 0.717) is 5.56 Å². The first kappa shape index (κ1) is 20.2. The second kappa shape index (κ2) is 7.50. The van der Waals surface area contributed by atoms with Gasteiger partial charge in [-0.15, -0.1) is 0 Å². The van der Waals surface area contributed by atoms with Crippen molar-refractivity contribution >= 4 is 11.6 Å². The van der Waals surface area contributed by atoms with Gasteiger partial charge in [0.2, 0.25) is 5.43 Å². The molecular formula is C20H15F4N3O2. The van der Waals surface area contributed by atoms with Gasteiger partial charge in [-0.25, -0.2) is 9.07 Å². The van der Waals surface area contributed by atoms with E-state index in [0.717, 1.165) is 28.9 Å². The summed E-state index contributed by atoms with van der Waals surface area (Å²) in [5, 5.41) is 6.43. The summed E-state index contributed by atoms with van der Waals surface area (Å²) in [4.78, 5) is 24.8. The number of carbonyl (C=O) groups excluding carboxylic acids is 1. The lowest BCUT2D eigenvalue weighted by Crippen LogP contribution is -2.27. The van der Waals surface area contributed by atoms with Crippen LogP contribution in [-0.4, -0.2) is 15.7 Å². The Morgan fingerprint density at radius 3 is 2.45 bits per heavy atom. The molecule has 2 aromatic carbocycles. The quantitative estimate of drug-likeness (QED) is 0.663. The molecule has 0 aliphatic rings. The van der Waals surface area contributed by atoms with Crippen molar-refractivity contribution in [2.75, 3.05) is 5.32 Å². The maximum Gasteiger partial charge on any atom is 0.416 e. The first-order valence-electron chi connectivity index (χ1n) is 8.42. The molecule has 0 saturated heterocycles. The molecule has 3 aromatic rings. The summed E-state index contributed by atoms with van der Waals surface area (Å²) in [7, 11) is 0. The third kappa shape index (κ3) is 4.34. The van der Waals surface area contributed by atoms with Crippen molar-refractivity contribution in [3.05, 3.63) is 87.1 Å². The summed E-state index contributed by atoms with van der Waals surface area (Å²) in [5.41, 5.74) is -1.07. The number of nitrogens with zero attached hydrogens (tertiary/aromatic N) is 2. The average molecular weight is 405 g/mol. The number of anilines is 1.